The van der Waals surface area contributed by atoms with Gasteiger partial charge in [0.1, 0.15) is 24.1 Å². The smallest absolute Gasteiger partial charge is 0.339 e. The molecule has 0 aliphatic heterocycles. The number of rotatable bonds is 7. The van der Waals surface area contributed by atoms with E-state index in [1.54, 1.807) is 37.4 Å². The molecule has 0 radical (unpaired) electrons. The molecule has 25 heavy (non-hydrogen) atoms. The van der Waals surface area contributed by atoms with Crippen LogP contribution in [0.2, 0.25) is 0 Å². The second-order valence-electron chi connectivity index (χ2n) is 4.97. The highest BCUT2D eigenvalue weighted by Crippen LogP contribution is 2.25. The van der Waals surface area contributed by atoms with Crippen molar-refractivity contribution < 1.29 is 24.2 Å². The van der Waals surface area contributed by atoms with Gasteiger partial charge in [-0.1, -0.05) is 41.6 Å². The van der Waals surface area contributed by atoms with Crippen molar-refractivity contribution in [3.05, 3.63) is 71.5 Å². The van der Waals surface area contributed by atoms with Gasteiger partial charge in [-0.15, -0.1) is 0 Å². The lowest BCUT2D eigenvalue weighted by Gasteiger charge is -2.13. The summed E-state index contributed by atoms with van der Waals surface area (Å²) in [6.07, 6.45) is 1.19. The van der Waals surface area contributed by atoms with Gasteiger partial charge < -0.3 is 19.4 Å². The molecule has 2 aromatic carbocycles. The average Bonchev–Trinajstić information content (AvgIpc) is 2.64. The summed E-state index contributed by atoms with van der Waals surface area (Å²) in [4.78, 5) is 16.6. The Balaban J connectivity index is 2.66. The molecule has 0 saturated carbocycles. The summed E-state index contributed by atoms with van der Waals surface area (Å²) in [6, 6.07) is 14.3. The molecule has 0 amide bonds. The van der Waals surface area contributed by atoms with E-state index in [9.17, 15) is 9.90 Å². The average molecular weight is 341 g/mol. The number of carboxylic acids is 1. The summed E-state index contributed by atoms with van der Waals surface area (Å²) in [5.74, 6) is -0.443. The molecule has 0 aliphatic carbocycles. The quantitative estimate of drug-likeness (QED) is 0.362. The Bertz CT molecular complexity index is 811. The number of hydrogen-bond acceptors (Lipinski definition) is 5. The number of methoxy groups -OCH3 is 2. The number of ether oxygens (including phenoxy) is 2. The molecular weight excluding hydrogens is 322 g/mol. The SMILES string of the molecule is COC=C(C(=O)O)c1ccccc1C(=NOC)c1cccc(OC)c1. The van der Waals surface area contributed by atoms with Crippen molar-refractivity contribution in [2.24, 2.45) is 5.16 Å². The molecule has 0 atom stereocenters. The molecule has 0 unspecified atom stereocenters. The van der Waals surface area contributed by atoms with Gasteiger partial charge in [-0.2, -0.15) is 0 Å². The van der Waals surface area contributed by atoms with E-state index in [4.69, 9.17) is 14.3 Å². The lowest BCUT2D eigenvalue weighted by atomic mass is 9.93. The van der Waals surface area contributed by atoms with Gasteiger partial charge in [-0.3, -0.25) is 0 Å². The summed E-state index contributed by atoms with van der Waals surface area (Å²) in [6.45, 7) is 0. The van der Waals surface area contributed by atoms with Gasteiger partial charge in [0.25, 0.3) is 0 Å². The van der Waals surface area contributed by atoms with Crippen molar-refractivity contribution in [2.75, 3.05) is 21.3 Å². The van der Waals surface area contributed by atoms with Crippen LogP contribution in [0.25, 0.3) is 5.57 Å². The Morgan fingerprint density at radius 3 is 2.36 bits per heavy atom. The van der Waals surface area contributed by atoms with Crippen LogP contribution in [-0.2, 0) is 14.4 Å². The van der Waals surface area contributed by atoms with Crippen LogP contribution in [-0.4, -0.2) is 38.1 Å². The topological polar surface area (TPSA) is 77.4 Å². The van der Waals surface area contributed by atoms with Crippen LogP contribution < -0.4 is 4.74 Å². The third-order valence-corrected chi connectivity index (χ3v) is 3.46. The molecule has 0 spiro atoms. The highest BCUT2D eigenvalue weighted by atomic mass is 16.6. The normalized spacial score (nSPS) is 11.8. The van der Waals surface area contributed by atoms with E-state index in [0.717, 1.165) is 5.56 Å². The molecule has 2 rings (SSSR count). The van der Waals surface area contributed by atoms with E-state index in [1.807, 2.05) is 18.2 Å². The molecule has 0 saturated heterocycles. The standard InChI is InChI=1S/C19H19NO5/c1-23-12-17(19(21)22)15-9-4-5-10-16(15)18(20-25-3)13-7-6-8-14(11-13)24-2/h4-12H,1-3H3,(H,21,22). The highest BCUT2D eigenvalue weighted by molar-refractivity contribution is 6.22. The molecule has 2 aromatic rings. The fraction of sp³-hybridized carbons (Fsp3) is 0.158. The lowest BCUT2D eigenvalue weighted by Crippen LogP contribution is -2.11. The zero-order chi connectivity index (χ0) is 18.2. The zero-order valence-corrected chi connectivity index (χ0v) is 14.2. The Morgan fingerprint density at radius 2 is 1.76 bits per heavy atom. The van der Waals surface area contributed by atoms with E-state index in [0.29, 0.717) is 22.6 Å². The monoisotopic (exact) mass is 341 g/mol. The number of benzene rings is 2. The molecule has 0 aliphatic rings. The van der Waals surface area contributed by atoms with Crippen LogP contribution in [0.3, 0.4) is 0 Å². The van der Waals surface area contributed by atoms with Crippen LogP contribution in [0.15, 0.2) is 59.9 Å². The third kappa shape index (κ3) is 4.17. The van der Waals surface area contributed by atoms with E-state index in [-0.39, 0.29) is 5.57 Å². The molecule has 0 bridgehead atoms. The van der Waals surface area contributed by atoms with Crippen LogP contribution in [0, 0.1) is 0 Å². The third-order valence-electron chi connectivity index (χ3n) is 3.46. The summed E-state index contributed by atoms with van der Waals surface area (Å²) < 4.78 is 10.2. The van der Waals surface area contributed by atoms with Crippen molar-refractivity contribution >= 4 is 17.3 Å². The molecule has 6 heteroatoms. The first-order valence-corrected chi connectivity index (χ1v) is 7.44. The van der Waals surface area contributed by atoms with Gasteiger partial charge in [0.05, 0.1) is 20.5 Å². The zero-order valence-electron chi connectivity index (χ0n) is 14.2. The van der Waals surface area contributed by atoms with Crippen molar-refractivity contribution in [1.29, 1.82) is 0 Å². The number of nitrogens with zero attached hydrogens (tertiary/aromatic N) is 1. The van der Waals surface area contributed by atoms with Crippen molar-refractivity contribution in [3.63, 3.8) is 0 Å². The van der Waals surface area contributed by atoms with E-state index in [2.05, 4.69) is 5.16 Å². The minimum absolute atomic E-state index is 0.0183. The molecule has 0 fully saturated rings. The maximum absolute atomic E-state index is 11.6. The summed E-state index contributed by atoms with van der Waals surface area (Å²) in [7, 11) is 4.41. The Labute approximate surface area is 145 Å². The Morgan fingerprint density at radius 1 is 1.04 bits per heavy atom. The fourth-order valence-electron chi connectivity index (χ4n) is 2.39. The largest absolute Gasteiger partial charge is 0.503 e. The summed E-state index contributed by atoms with van der Waals surface area (Å²) in [5.41, 5.74) is 2.31. The fourth-order valence-corrected chi connectivity index (χ4v) is 2.39. The molecule has 0 heterocycles. The van der Waals surface area contributed by atoms with Gasteiger partial charge in [0.15, 0.2) is 0 Å². The number of carboxylic acid groups (broad SMARTS) is 1. The minimum atomic E-state index is -1.10. The van der Waals surface area contributed by atoms with E-state index < -0.39 is 5.97 Å². The van der Waals surface area contributed by atoms with Gasteiger partial charge in [0.2, 0.25) is 0 Å². The minimum Gasteiger partial charge on any atom is -0.503 e. The van der Waals surface area contributed by atoms with Crippen LogP contribution >= 0.6 is 0 Å². The van der Waals surface area contributed by atoms with Crippen molar-refractivity contribution in [3.8, 4) is 5.75 Å². The van der Waals surface area contributed by atoms with Crippen LogP contribution in [0.5, 0.6) is 5.75 Å². The molecule has 0 aromatic heterocycles. The second-order valence-corrected chi connectivity index (χ2v) is 4.97. The maximum atomic E-state index is 11.6. The first-order valence-electron chi connectivity index (χ1n) is 7.44. The second kappa shape index (κ2) is 8.54. The first kappa shape index (κ1) is 18.1. The van der Waals surface area contributed by atoms with Gasteiger partial charge in [-0.05, 0) is 12.1 Å². The van der Waals surface area contributed by atoms with E-state index in [1.165, 1.54) is 20.5 Å². The molecular formula is C19H19NO5. The van der Waals surface area contributed by atoms with Crippen LogP contribution in [0.1, 0.15) is 16.7 Å². The number of oxime groups is 1. The van der Waals surface area contributed by atoms with Gasteiger partial charge in [-0.25, -0.2) is 4.79 Å². The predicted molar refractivity (Wildman–Crippen MR) is 94.7 cm³/mol. The first-order chi connectivity index (χ1) is 12.1. The Hall–Kier alpha value is -3.28. The lowest BCUT2D eigenvalue weighted by molar-refractivity contribution is -0.130. The van der Waals surface area contributed by atoms with Gasteiger partial charge >= 0.3 is 5.97 Å². The highest BCUT2D eigenvalue weighted by Gasteiger charge is 2.19. The van der Waals surface area contributed by atoms with Crippen molar-refractivity contribution in [2.45, 2.75) is 0 Å². The molecule has 1 N–H and O–H groups in total. The number of carbonyl (C=O) groups is 1. The number of aliphatic carboxylic acids is 1. The van der Waals surface area contributed by atoms with Crippen LogP contribution in [0.4, 0.5) is 0 Å². The maximum Gasteiger partial charge on any atom is 0.339 e. The Kier molecular flexibility index (Phi) is 6.17. The molecule has 6 nitrogen and oxygen atoms in total. The summed E-state index contributed by atoms with van der Waals surface area (Å²) >= 11 is 0. The summed E-state index contributed by atoms with van der Waals surface area (Å²) in [5, 5.41) is 13.6. The van der Waals surface area contributed by atoms with Crippen molar-refractivity contribution in [1.82, 2.24) is 0 Å². The van der Waals surface area contributed by atoms with Gasteiger partial charge in [0, 0.05) is 16.7 Å². The molecule has 130 valence electrons. The predicted octanol–water partition coefficient (Wildman–Crippen LogP) is 3.17. The number of hydrogen-bond donors (Lipinski definition) is 1. The van der Waals surface area contributed by atoms with E-state index >= 15 is 0 Å².